The van der Waals surface area contributed by atoms with Gasteiger partial charge in [0.25, 0.3) is 0 Å². The number of ketones is 1. The Hall–Kier alpha value is -0.370. The molecule has 0 aromatic heterocycles. The molecule has 3 aliphatic carbocycles. The Kier molecular flexibility index (Phi) is 4.23. The standard InChI is InChI=1S/C21H36O2/c1-6-19(3)15(13-14(2)22)7-8-16-17(19)9-11-20(4)18(16)10-12-21(20,5)23/h15-18,23H,6-13H2,1-5H3/t15-,16?,17?,18?,19-,20-,21-/m0/s1. The van der Waals surface area contributed by atoms with E-state index in [2.05, 4.69) is 27.7 Å². The number of hydrogen-bond donors (Lipinski definition) is 1. The maximum atomic E-state index is 11.8. The zero-order chi connectivity index (χ0) is 17.0. The van der Waals surface area contributed by atoms with Crippen molar-refractivity contribution in [3.05, 3.63) is 0 Å². The minimum Gasteiger partial charge on any atom is -0.390 e. The van der Waals surface area contributed by atoms with Gasteiger partial charge in [-0.05, 0) is 86.9 Å². The second-order valence-corrected chi connectivity index (χ2v) is 9.69. The van der Waals surface area contributed by atoms with Gasteiger partial charge in [-0.2, -0.15) is 0 Å². The molecule has 3 fully saturated rings. The fourth-order valence-corrected chi connectivity index (χ4v) is 7.01. The third-order valence-electron chi connectivity index (χ3n) is 8.92. The SMILES string of the molecule is CC[C@]1(C)C2CC[C@@]3(C)C(CC[C@]3(C)O)C2CC[C@H]1CC(C)=O. The quantitative estimate of drug-likeness (QED) is 0.796. The molecular weight excluding hydrogens is 284 g/mol. The van der Waals surface area contributed by atoms with Crippen molar-refractivity contribution in [1.82, 2.24) is 0 Å². The lowest BCUT2D eigenvalue weighted by atomic mass is 9.46. The number of carbonyl (C=O) groups is 1. The molecule has 0 spiro atoms. The monoisotopic (exact) mass is 320 g/mol. The van der Waals surface area contributed by atoms with Crippen molar-refractivity contribution in [2.45, 2.75) is 91.6 Å². The van der Waals surface area contributed by atoms with E-state index in [1.165, 1.54) is 32.1 Å². The first-order chi connectivity index (χ1) is 10.7. The molecular formula is C21H36O2. The topological polar surface area (TPSA) is 37.3 Å². The average Bonchev–Trinajstić information content (AvgIpc) is 2.72. The second kappa shape index (κ2) is 5.58. The lowest BCUT2D eigenvalue weighted by molar-refractivity contribution is -0.143. The zero-order valence-corrected chi connectivity index (χ0v) is 15.8. The Bertz CT molecular complexity index is 482. The van der Waals surface area contributed by atoms with Gasteiger partial charge in [0.2, 0.25) is 0 Å². The molecule has 1 N–H and O–H groups in total. The fourth-order valence-electron chi connectivity index (χ4n) is 7.01. The van der Waals surface area contributed by atoms with E-state index >= 15 is 0 Å². The van der Waals surface area contributed by atoms with Crippen molar-refractivity contribution in [3.63, 3.8) is 0 Å². The third kappa shape index (κ3) is 2.42. The fraction of sp³-hybridized carbons (Fsp3) is 0.952. The number of fused-ring (bicyclic) bond motifs is 3. The maximum Gasteiger partial charge on any atom is 0.130 e. The van der Waals surface area contributed by atoms with Crippen LogP contribution in [-0.2, 0) is 4.79 Å². The van der Waals surface area contributed by atoms with Gasteiger partial charge in [0, 0.05) is 6.42 Å². The highest BCUT2D eigenvalue weighted by atomic mass is 16.3. The van der Waals surface area contributed by atoms with E-state index in [1.54, 1.807) is 6.92 Å². The summed E-state index contributed by atoms with van der Waals surface area (Å²) in [7, 11) is 0. The predicted octanol–water partition coefficient (Wildman–Crippen LogP) is 4.99. The largest absolute Gasteiger partial charge is 0.390 e. The normalized spacial score (nSPS) is 52.8. The molecule has 0 amide bonds. The van der Waals surface area contributed by atoms with E-state index in [0.29, 0.717) is 23.0 Å². The molecule has 0 aromatic rings. The molecule has 2 heteroatoms. The van der Waals surface area contributed by atoms with Gasteiger partial charge >= 0.3 is 0 Å². The summed E-state index contributed by atoms with van der Waals surface area (Å²) in [6.45, 7) is 11.0. The molecule has 0 heterocycles. The molecule has 23 heavy (non-hydrogen) atoms. The van der Waals surface area contributed by atoms with Gasteiger partial charge in [-0.3, -0.25) is 0 Å². The van der Waals surface area contributed by atoms with Gasteiger partial charge in [-0.15, -0.1) is 0 Å². The number of aliphatic hydroxyl groups is 1. The highest BCUT2D eigenvalue weighted by Crippen LogP contribution is 2.67. The molecule has 3 rings (SSSR count). The van der Waals surface area contributed by atoms with Crippen LogP contribution in [0.15, 0.2) is 0 Å². The van der Waals surface area contributed by atoms with E-state index in [9.17, 15) is 9.90 Å². The van der Waals surface area contributed by atoms with E-state index in [1.807, 2.05) is 0 Å². The summed E-state index contributed by atoms with van der Waals surface area (Å²) in [6.07, 6.45) is 9.01. The van der Waals surface area contributed by atoms with Gasteiger partial charge in [-0.25, -0.2) is 0 Å². The number of Topliss-reactive ketones (excluding diaryl/α,β-unsaturated/α-hetero) is 1. The first kappa shape index (κ1) is 17.5. The molecule has 132 valence electrons. The summed E-state index contributed by atoms with van der Waals surface area (Å²) in [5, 5.41) is 11.0. The van der Waals surface area contributed by atoms with Crippen LogP contribution in [0, 0.1) is 34.5 Å². The molecule has 2 nitrogen and oxygen atoms in total. The minimum atomic E-state index is -0.485. The average molecular weight is 321 g/mol. The van der Waals surface area contributed by atoms with Crippen molar-refractivity contribution < 1.29 is 9.90 Å². The van der Waals surface area contributed by atoms with E-state index in [4.69, 9.17) is 0 Å². The highest BCUT2D eigenvalue weighted by molar-refractivity contribution is 5.75. The van der Waals surface area contributed by atoms with Crippen LogP contribution >= 0.6 is 0 Å². The van der Waals surface area contributed by atoms with Gasteiger partial charge in [0.05, 0.1) is 5.60 Å². The predicted molar refractivity (Wildman–Crippen MR) is 94.1 cm³/mol. The molecule has 0 radical (unpaired) electrons. The van der Waals surface area contributed by atoms with Crippen LogP contribution in [0.1, 0.15) is 86.0 Å². The van der Waals surface area contributed by atoms with E-state index < -0.39 is 5.60 Å². The number of carbonyl (C=O) groups excluding carboxylic acids is 1. The molecule has 0 saturated heterocycles. The summed E-state index contributed by atoms with van der Waals surface area (Å²) in [5.41, 5.74) is -0.0674. The van der Waals surface area contributed by atoms with Crippen molar-refractivity contribution in [2.24, 2.45) is 34.5 Å². The van der Waals surface area contributed by atoms with Crippen LogP contribution in [0.5, 0.6) is 0 Å². The zero-order valence-electron chi connectivity index (χ0n) is 15.8. The van der Waals surface area contributed by atoms with Crippen LogP contribution < -0.4 is 0 Å². The third-order valence-corrected chi connectivity index (χ3v) is 8.92. The summed E-state index contributed by atoms with van der Waals surface area (Å²) in [4.78, 5) is 11.8. The van der Waals surface area contributed by atoms with Crippen LogP contribution in [0.2, 0.25) is 0 Å². The molecule has 0 aliphatic heterocycles. The Morgan fingerprint density at radius 3 is 2.30 bits per heavy atom. The lowest BCUT2D eigenvalue weighted by Crippen LogP contribution is -2.54. The van der Waals surface area contributed by atoms with Crippen molar-refractivity contribution in [3.8, 4) is 0 Å². The second-order valence-electron chi connectivity index (χ2n) is 9.69. The van der Waals surface area contributed by atoms with E-state index in [0.717, 1.165) is 31.1 Å². The van der Waals surface area contributed by atoms with Crippen LogP contribution in [0.25, 0.3) is 0 Å². The summed E-state index contributed by atoms with van der Waals surface area (Å²) >= 11 is 0. The Labute approximate surface area is 142 Å². The van der Waals surface area contributed by atoms with Crippen molar-refractivity contribution >= 4 is 5.78 Å². The van der Waals surface area contributed by atoms with Crippen LogP contribution in [0.4, 0.5) is 0 Å². The van der Waals surface area contributed by atoms with Gasteiger partial charge in [0.1, 0.15) is 5.78 Å². The van der Waals surface area contributed by atoms with Gasteiger partial charge < -0.3 is 9.90 Å². The summed E-state index contributed by atoms with van der Waals surface area (Å²) in [5.74, 6) is 3.11. The molecule has 0 bridgehead atoms. The van der Waals surface area contributed by atoms with Crippen LogP contribution in [0.3, 0.4) is 0 Å². The van der Waals surface area contributed by atoms with Crippen LogP contribution in [-0.4, -0.2) is 16.5 Å². The van der Waals surface area contributed by atoms with Gasteiger partial charge in [0.15, 0.2) is 0 Å². The molecule has 7 atom stereocenters. The van der Waals surface area contributed by atoms with E-state index in [-0.39, 0.29) is 5.41 Å². The Balaban J connectivity index is 1.89. The molecule has 3 unspecified atom stereocenters. The first-order valence-electron chi connectivity index (χ1n) is 9.87. The first-order valence-corrected chi connectivity index (χ1v) is 9.87. The molecule has 3 aliphatic rings. The smallest absolute Gasteiger partial charge is 0.130 e. The minimum absolute atomic E-state index is 0.107. The van der Waals surface area contributed by atoms with Crippen molar-refractivity contribution in [2.75, 3.05) is 0 Å². The highest BCUT2D eigenvalue weighted by Gasteiger charge is 2.62. The van der Waals surface area contributed by atoms with Gasteiger partial charge in [-0.1, -0.05) is 27.2 Å². The summed E-state index contributed by atoms with van der Waals surface area (Å²) in [6, 6.07) is 0. The van der Waals surface area contributed by atoms with Crippen molar-refractivity contribution in [1.29, 1.82) is 0 Å². The number of hydrogen-bond acceptors (Lipinski definition) is 2. The maximum absolute atomic E-state index is 11.8. The Morgan fingerprint density at radius 2 is 1.70 bits per heavy atom. The molecule has 0 aromatic carbocycles. The Morgan fingerprint density at radius 1 is 1.04 bits per heavy atom. The number of rotatable bonds is 3. The summed E-state index contributed by atoms with van der Waals surface area (Å²) < 4.78 is 0. The molecule has 3 saturated carbocycles. The lowest BCUT2D eigenvalue weighted by Gasteiger charge is -2.59.